The van der Waals surface area contributed by atoms with Crippen LogP contribution in [0.4, 0.5) is 4.79 Å². The van der Waals surface area contributed by atoms with Gasteiger partial charge < -0.3 is 14.3 Å². The zero-order valence-electron chi connectivity index (χ0n) is 7.95. The molecule has 2 N–H and O–H groups in total. The molecule has 1 atom stereocenters. The molecule has 1 aromatic carbocycles. The smallest absolute Gasteiger partial charge is 0.427 e. The molecule has 0 bridgehead atoms. The fourth-order valence-corrected chi connectivity index (χ4v) is 2.17. The van der Waals surface area contributed by atoms with Gasteiger partial charge in [0.1, 0.15) is 6.17 Å². The van der Waals surface area contributed by atoms with E-state index < -0.39 is 6.09 Å². The predicted octanol–water partition coefficient (Wildman–Crippen LogP) is 1.42. The number of carbonyl (C=O) groups is 1. The quantitative estimate of drug-likeness (QED) is 0.817. The molecule has 0 spiro atoms. The van der Waals surface area contributed by atoms with Crippen molar-refractivity contribution in [1.29, 1.82) is 0 Å². The van der Waals surface area contributed by atoms with Gasteiger partial charge in [0.05, 0.1) is 4.47 Å². The van der Waals surface area contributed by atoms with Crippen molar-refractivity contribution in [1.82, 2.24) is 10.8 Å². The van der Waals surface area contributed by atoms with Crippen LogP contribution in [0.15, 0.2) is 16.6 Å². The maximum atomic E-state index is 10.9. The Kier molecular flexibility index (Phi) is 2.15. The Hall–Kier alpha value is -1.47. The Morgan fingerprint density at radius 2 is 2.25 bits per heavy atom. The Morgan fingerprint density at radius 3 is 3.00 bits per heavy atom. The minimum atomic E-state index is -0.501. The molecule has 1 aromatic rings. The van der Waals surface area contributed by atoms with Crippen LogP contribution in [-0.2, 0) is 4.84 Å². The maximum Gasteiger partial charge on any atom is 0.427 e. The molecule has 16 heavy (non-hydrogen) atoms. The molecule has 1 unspecified atom stereocenters. The van der Waals surface area contributed by atoms with Gasteiger partial charge in [0.15, 0.2) is 11.5 Å². The van der Waals surface area contributed by atoms with Gasteiger partial charge in [-0.15, -0.1) is 5.48 Å². The standard InChI is InChI=1S/C9H7BrN2O4/c10-5-1-4(8-11-9(13)16-12-8)2-6-7(5)15-3-14-6/h1-2,8,12H,3H2,(H,11,13). The number of carbonyl (C=O) groups excluding carboxylic acids is 1. The van der Waals surface area contributed by atoms with Gasteiger partial charge in [0.25, 0.3) is 0 Å². The minimum absolute atomic E-state index is 0.207. The van der Waals surface area contributed by atoms with Crippen molar-refractivity contribution in [2.24, 2.45) is 0 Å². The summed E-state index contributed by atoms with van der Waals surface area (Å²) in [6.07, 6.45) is -0.878. The molecule has 3 rings (SSSR count). The predicted molar refractivity (Wildman–Crippen MR) is 55.8 cm³/mol. The molecule has 0 radical (unpaired) electrons. The molecule has 2 aliphatic heterocycles. The summed E-state index contributed by atoms with van der Waals surface area (Å²) in [5.74, 6) is 1.32. The Bertz CT molecular complexity index is 465. The summed E-state index contributed by atoms with van der Waals surface area (Å²) in [7, 11) is 0. The third-order valence-electron chi connectivity index (χ3n) is 2.31. The molecule has 1 saturated heterocycles. The number of fused-ring (bicyclic) bond motifs is 1. The first kappa shape index (κ1) is 9.73. The number of amides is 1. The molecule has 7 heteroatoms. The first-order valence-electron chi connectivity index (χ1n) is 4.56. The third-order valence-corrected chi connectivity index (χ3v) is 2.90. The van der Waals surface area contributed by atoms with Gasteiger partial charge in [-0.1, -0.05) is 0 Å². The fourth-order valence-electron chi connectivity index (χ4n) is 1.59. The van der Waals surface area contributed by atoms with Crippen LogP contribution < -0.4 is 20.3 Å². The number of benzene rings is 1. The molecular formula is C9H7BrN2O4. The van der Waals surface area contributed by atoms with E-state index in [9.17, 15) is 4.79 Å². The lowest BCUT2D eigenvalue weighted by atomic mass is 10.1. The highest BCUT2D eigenvalue weighted by molar-refractivity contribution is 9.10. The van der Waals surface area contributed by atoms with Crippen molar-refractivity contribution in [3.8, 4) is 11.5 Å². The van der Waals surface area contributed by atoms with Crippen molar-refractivity contribution < 1.29 is 19.1 Å². The SMILES string of the molecule is O=C1NC(c2cc(Br)c3c(c2)OCO3)NO1. The van der Waals surface area contributed by atoms with E-state index in [-0.39, 0.29) is 13.0 Å². The first-order chi connectivity index (χ1) is 7.74. The van der Waals surface area contributed by atoms with E-state index >= 15 is 0 Å². The summed E-state index contributed by atoms with van der Waals surface area (Å²) in [4.78, 5) is 15.5. The molecule has 2 aliphatic rings. The van der Waals surface area contributed by atoms with Crippen molar-refractivity contribution in [2.45, 2.75) is 6.17 Å². The Balaban J connectivity index is 1.97. The van der Waals surface area contributed by atoms with Crippen LogP contribution in [0.25, 0.3) is 0 Å². The van der Waals surface area contributed by atoms with E-state index in [4.69, 9.17) is 9.47 Å². The van der Waals surface area contributed by atoms with Crippen LogP contribution in [0, 0.1) is 0 Å². The van der Waals surface area contributed by atoms with Crippen LogP contribution in [0.1, 0.15) is 11.7 Å². The van der Waals surface area contributed by atoms with Crippen molar-refractivity contribution in [2.75, 3.05) is 6.79 Å². The number of hydrogen-bond acceptors (Lipinski definition) is 5. The number of nitrogens with one attached hydrogen (secondary N) is 2. The molecule has 2 heterocycles. The normalized spacial score (nSPS) is 21.8. The first-order valence-corrected chi connectivity index (χ1v) is 5.35. The molecule has 6 nitrogen and oxygen atoms in total. The van der Waals surface area contributed by atoms with E-state index in [1.807, 2.05) is 6.07 Å². The summed E-state index contributed by atoms with van der Waals surface area (Å²) in [5, 5.41) is 2.60. The molecule has 84 valence electrons. The van der Waals surface area contributed by atoms with Crippen LogP contribution in [0.5, 0.6) is 11.5 Å². The summed E-state index contributed by atoms with van der Waals surface area (Å²) in [5.41, 5.74) is 3.38. The highest BCUT2D eigenvalue weighted by Crippen LogP contribution is 2.41. The highest BCUT2D eigenvalue weighted by Gasteiger charge is 2.27. The number of hydroxylamine groups is 1. The minimum Gasteiger partial charge on any atom is -0.454 e. The topological polar surface area (TPSA) is 68.8 Å². The van der Waals surface area contributed by atoms with Crippen molar-refractivity contribution >= 4 is 22.0 Å². The highest BCUT2D eigenvalue weighted by atomic mass is 79.9. The molecule has 0 aliphatic carbocycles. The third kappa shape index (κ3) is 1.48. The van der Waals surface area contributed by atoms with Gasteiger partial charge in [0, 0.05) is 0 Å². The number of halogens is 1. The van der Waals surface area contributed by atoms with E-state index in [0.29, 0.717) is 11.5 Å². The zero-order valence-corrected chi connectivity index (χ0v) is 9.54. The summed E-state index contributed by atoms with van der Waals surface area (Å²) in [6, 6.07) is 3.62. The van der Waals surface area contributed by atoms with Gasteiger partial charge in [-0.3, -0.25) is 5.32 Å². The summed E-state index contributed by atoms with van der Waals surface area (Å²) < 4.78 is 11.3. The Labute approximate surface area is 98.9 Å². The van der Waals surface area contributed by atoms with Gasteiger partial charge in [-0.2, -0.15) is 0 Å². The maximum absolute atomic E-state index is 10.9. The monoisotopic (exact) mass is 286 g/mol. The second-order valence-corrected chi connectivity index (χ2v) is 4.18. The lowest BCUT2D eigenvalue weighted by Crippen LogP contribution is -2.22. The molecular weight excluding hydrogens is 280 g/mol. The van der Waals surface area contributed by atoms with Gasteiger partial charge in [-0.25, -0.2) is 4.79 Å². The van der Waals surface area contributed by atoms with Gasteiger partial charge in [0.2, 0.25) is 6.79 Å². The van der Waals surface area contributed by atoms with E-state index in [2.05, 4.69) is 31.6 Å². The zero-order chi connectivity index (χ0) is 11.1. The van der Waals surface area contributed by atoms with Gasteiger partial charge >= 0.3 is 6.09 Å². The van der Waals surface area contributed by atoms with Crippen LogP contribution >= 0.6 is 15.9 Å². The second kappa shape index (κ2) is 3.53. The summed E-state index contributed by atoms with van der Waals surface area (Å²) >= 11 is 3.37. The largest absolute Gasteiger partial charge is 0.454 e. The van der Waals surface area contributed by atoms with E-state index in [0.717, 1.165) is 10.0 Å². The lowest BCUT2D eigenvalue weighted by Gasteiger charge is -2.09. The van der Waals surface area contributed by atoms with Gasteiger partial charge in [-0.05, 0) is 33.6 Å². The van der Waals surface area contributed by atoms with Crippen molar-refractivity contribution in [3.63, 3.8) is 0 Å². The Morgan fingerprint density at radius 1 is 1.38 bits per heavy atom. The van der Waals surface area contributed by atoms with Crippen LogP contribution in [0.3, 0.4) is 0 Å². The lowest BCUT2D eigenvalue weighted by molar-refractivity contribution is 0.121. The van der Waals surface area contributed by atoms with Crippen molar-refractivity contribution in [3.05, 3.63) is 22.2 Å². The second-order valence-electron chi connectivity index (χ2n) is 3.32. The fraction of sp³-hybridized carbons (Fsp3) is 0.222. The summed E-state index contributed by atoms with van der Waals surface area (Å²) in [6.45, 7) is 0.207. The molecule has 0 saturated carbocycles. The molecule has 1 amide bonds. The average molecular weight is 287 g/mol. The molecule has 0 aromatic heterocycles. The van der Waals surface area contributed by atoms with Crippen LogP contribution in [-0.4, -0.2) is 12.9 Å². The van der Waals surface area contributed by atoms with Crippen LogP contribution in [0.2, 0.25) is 0 Å². The van der Waals surface area contributed by atoms with E-state index in [1.165, 1.54) is 0 Å². The number of rotatable bonds is 1. The van der Waals surface area contributed by atoms with E-state index in [1.54, 1.807) is 6.07 Å². The number of ether oxygens (including phenoxy) is 2. The number of hydrogen-bond donors (Lipinski definition) is 2. The average Bonchev–Trinajstić information content (AvgIpc) is 2.85. The molecule has 1 fully saturated rings.